The molecule has 2 rings (SSSR count). The second-order valence-electron chi connectivity index (χ2n) is 4.42. The summed E-state index contributed by atoms with van der Waals surface area (Å²) in [5.41, 5.74) is 6.60. The molecule has 1 saturated heterocycles. The number of rotatable bonds is 2. The zero-order chi connectivity index (χ0) is 14.0. The Balaban J connectivity index is 2.26. The smallest absolute Gasteiger partial charge is 0.256 e. The molecule has 1 fully saturated rings. The van der Waals surface area contributed by atoms with Crippen LogP contribution in [0.25, 0.3) is 0 Å². The van der Waals surface area contributed by atoms with Crippen LogP contribution in [0.15, 0.2) is 18.2 Å². The highest BCUT2D eigenvalue weighted by Crippen LogP contribution is 2.22. The number of nitrogens with one attached hydrogen (secondary N) is 1. The molecule has 1 atom stereocenters. The molecule has 6 nitrogen and oxygen atoms in total. The van der Waals surface area contributed by atoms with Crippen molar-refractivity contribution in [1.29, 1.82) is 0 Å². The van der Waals surface area contributed by atoms with Crippen molar-refractivity contribution in [2.24, 2.45) is 0 Å². The average Bonchev–Trinajstić information content (AvgIpc) is 2.41. The van der Waals surface area contributed by atoms with Gasteiger partial charge in [-0.25, -0.2) is 0 Å². The standard InChI is InChI=1S/C13H17N3O3/c1-8-12(17)15-5-6-16(8)13(18)10-4-3-9(19-2)7-11(10)14/h3-4,7-8H,5-6,14H2,1-2H3,(H,15,17). The summed E-state index contributed by atoms with van der Waals surface area (Å²) in [6.07, 6.45) is 0. The maximum absolute atomic E-state index is 12.4. The predicted molar refractivity (Wildman–Crippen MR) is 70.9 cm³/mol. The van der Waals surface area contributed by atoms with Crippen molar-refractivity contribution in [2.75, 3.05) is 25.9 Å². The summed E-state index contributed by atoms with van der Waals surface area (Å²) in [6.45, 7) is 2.65. The Morgan fingerprint density at radius 1 is 1.53 bits per heavy atom. The van der Waals surface area contributed by atoms with Gasteiger partial charge in [0.2, 0.25) is 5.91 Å². The van der Waals surface area contributed by atoms with Crippen LogP contribution < -0.4 is 15.8 Å². The first kappa shape index (κ1) is 13.2. The van der Waals surface area contributed by atoms with Crippen LogP contribution in [-0.2, 0) is 4.79 Å². The number of nitrogen functional groups attached to an aromatic ring is 1. The third-order valence-electron chi connectivity index (χ3n) is 3.25. The number of nitrogens with zero attached hydrogens (tertiary/aromatic N) is 1. The molecule has 0 saturated carbocycles. The normalized spacial score (nSPS) is 18.9. The van der Waals surface area contributed by atoms with Crippen molar-refractivity contribution in [3.05, 3.63) is 23.8 Å². The summed E-state index contributed by atoms with van der Waals surface area (Å²) in [6, 6.07) is 4.42. The number of amides is 2. The van der Waals surface area contributed by atoms with E-state index in [1.807, 2.05) is 0 Å². The SMILES string of the molecule is COc1ccc(C(=O)N2CCNC(=O)C2C)c(N)c1. The zero-order valence-electron chi connectivity index (χ0n) is 11.0. The molecule has 1 aliphatic rings. The molecule has 2 amide bonds. The first-order valence-electron chi connectivity index (χ1n) is 6.06. The molecule has 19 heavy (non-hydrogen) atoms. The van der Waals surface area contributed by atoms with Gasteiger partial charge < -0.3 is 20.7 Å². The Morgan fingerprint density at radius 2 is 2.26 bits per heavy atom. The molecular weight excluding hydrogens is 246 g/mol. The number of nitrogens with two attached hydrogens (primary N) is 1. The lowest BCUT2D eigenvalue weighted by Gasteiger charge is -2.33. The minimum atomic E-state index is -0.484. The van der Waals surface area contributed by atoms with Crippen molar-refractivity contribution >= 4 is 17.5 Å². The highest BCUT2D eigenvalue weighted by atomic mass is 16.5. The van der Waals surface area contributed by atoms with Crippen molar-refractivity contribution in [3.8, 4) is 5.75 Å². The number of benzene rings is 1. The van der Waals surface area contributed by atoms with Crippen LogP contribution in [0.4, 0.5) is 5.69 Å². The molecule has 0 radical (unpaired) electrons. The van der Waals surface area contributed by atoms with Crippen molar-refractivity contribution in [3.63, 3.8) is 0 Å². The number of hydrogen-bond donors (Lipinski definition) is 2. The average molecular weight is 263 g/mol. The third-order valence-corrected chi connectivity index (χ3v) is 3.25. The summed E-state index contributed by atoms with van der Waals surface area (Å²) < 4.78 is 5.04. The molecule has 0 aliphatic carbocycles. The Bertz CT molecular complexity index is 516. The Hall–Kier alpha value is -2.24. The lowest BCUT2D eigenvalue weighted by molar-refractivity contribution is -0.127. The van der Waals surface area contributed by atoms with E-state index in [0.717, 1.165) is 0 Å². The predicted octanol–water partition coefficient (Wildman–Crippen LogP) is 0.238. The number of carbonyl (C=O) groups is 2. The molecule has 0 bridgehead atoms. The number of hydrogen-bond acceptors (Lipinski definition) is 4. The molecular formula is C13H17N3O3. The van der Waals surface area contributed by atoms with Gasteiger partial charge in [-0.05, 0) is 19.1 Å². The van der Waals surface area contributed by atoms with Gasteiger partial charge in [0.15, 0.2) is 0 Å². The lowest BCUT2D eigenvalue weighted by Crippen LogP contribution is -2.55. The first-order chi connectivity index (χ1) is 9.04. The van der Waals surface area contributed by atoms with Gasteiger partial charge in [-0.3, -0.25) is 9.59 Å². The Kier molecular flexibility index (Phi) is 3.59. The van der Waals surface area contributed by atoms with Crippen LogP contribution >= 0.6 is 0 Å². The minimum Gasteiger partial charge on any atom is -0.497 e. The molecule has 3 N–H and O–H groups in total. The number of methoxy groups -OCH3 is 1. The van der Waals surface area contributed by atoms with Crippen LogP contribution in [0, 0.1) is 0 Å². The second-order valence-corrected chi connectivity index (χ2v) is 4.42. The van der Waals surface area contributed by atoms with Crippen LogP contribution in [-0.4, -0.2) is 43.0 Å². The minimum absolute atomic E-state index is 0.147. The lowest BCUT2D eigenvalue weighted by atomic mass is 10.1. The molecule has 1 aromatic rings. The fourth-order valence-corrected chi connectivity index (χ4v) is 2.08. The number of carbonyl (C=O) groups excluding carboxylic acids is 2. The molecule has 0 aromatic heterocycles. The van der Waals surface area contributed by atoms with E-state index in [9.17, 15) is 9.59 Å². The van der Waals surface area contributed by atoms with Gasteiger partial charge in [0.1, 0.15) is 11.8 Å². The van der Waals surface area contributed by atoms with E-state index in [-0.39, 0.29) is 11.8 Å². The van der Waals surface area contributed by atoms with E-state index in [1.54, 1.807) is 25.1 Å². The second kappa shape index (κ2) is 5.17. The fraction of sp³-hybridized carbons (Fsp3) is 0.385. The Labute approximate surface area is 111 Å². The summed E-state index contributed by atoms with van der Waals surface area (Å²) in [4.78, 5) is 25.5. The number of anilines is 1. The topological polar surface area (TPSA) is 84.7 Å². The Morgan fingerprint density at radius 3 is 2.89 bits per heavy atom. The summed E-state index contributed by atoms with van der Waals surface area (Å²) in [7, 11) is 1.54. The van der Waals surface area contributed by atoms with Crippen molar-refractivity contribution in [2.45, 2.75) is 13.0 Å². The molecule has 1 aliphatic heterocycles. The largest absolute Gasteiger partial charge is 0.497 e. The number of piperazine rings is 1. The van der Waals surface area contributed by atoms with Crippen molar-refractivity contribution < 1.29 is 14.3 Å². The van der Waals surface area contributed by atoms with E-state index in [0.29, 0.717) is 30.1 Å². The van der Waals surface area contributed by atoms with Gasteiger partial charge in [0.05, 0.1) is 12.7 Å². The van der Waals surface area contributed by atoms with Crippen LogP contribution in [0.3, 0.4) is 0 Å². The van der Waals surface area contributed by atoms with E-state index in [1.165, 1.54) is 12.0 Å². The quantitative estimate of drug-likeness (QED) is 0.748. The maximum atomic E-state index is 12.4. The molecule has 6 heteroatoms. The summed E-state index contributed by atoms with van der Waals surface area (Å²) >= 11 is 0. The summed E-state index contributed by atoms with van der Waals surface area (Å²) in [5, 5.41) is 2.72. The van der Waals surface area contributed by atoms with E-state index in [4.69, 9.17) is 10.5 Å². The van der Waals surface area contributed by atoms with Crippen LogP contribution in [0.1, 0.15) is 17.3 Å². The number of ether oxygens (including phenoxy) is 1. The van der Waals surface area contributed by atoms with E-state index in [2.05, 4.69) is 5.32 Å². The maximum Gasteiger partial charge on any atom is 0.256 e. The monoisotopic (exact) mass is 263 g/mol. The van der Waals surface area contributed by atoms with E-state index >= 15 is 0 Å². The van der Waals surface area contributed by atoms with Gasteiger partial charge in [0.25, 0.3) is 5.91 Å². The van der Waals surface area contributed by atoms with Gasteiger partial charge >= 0.3 is 0 Å². The van der Waals surface area contributed by atoms with E-state index < -0.39 is 6.04 Å². The molecule has 1 unspecified atom stereocenters. The van der Waals surface area contributed by atoms with Gasteiger partial charge in [-0.15, -0.1) is 0 Å². The van der Waals surface area contributed by atoms with Crippen molar-refractivity contribution in [1.82, 2.24) is 10.2 Å². The van der Waals surface area contributed by atoms with Crippen LogP contribution in [0.2, 0.25) is 0 Å². The molecule has 102 valence electrons. The molecule has 0 spiro atoms. The highest BCUT2D eigenvalue weighted by molar-refractivity contribution is 6.02. The van der Waals surface area contributed by atoms with Gasteiger partial charge in [-0.1, -0.05) is 0 Å². The highest BCUT2D eigenvalue weighted by Gasteiger charge is 2.30. The fourth-order valence-electron chi connectivity index (χ4n) is 2.08. The zero-order valence-corrected chi connectivity index (χ0v) is 11.0. The molecule has 1 aromatic carbocycles. The first-order valence-corrected chi connectivity index (χ1v) is 6.06. The summed E-state index contributed by atoms with van der Waals surface area (Å²) in [5.74, 6) is 0.215. The molecule has 1 heterocycles. The van der Waals surface area contributed by atoms with Gasteiger partial charge in [0, 0.05) is 24.8 Å². The van der Waals surface area contributed by atoms with Gasteiger partial charge in [-0.2, -0.15) is 0 Å². The van der Waals surface area contributed by atoms with Crippen LogP contribution in [0.5, 0.6) is 5.75 Å². The third kappa shape index (κ3) is 2.47.